The SMILES string of the molecule is COc1cc(OC)c(F)c(C(N)C(=O)O)c1F. The summed E-state index contributed by atoms with van der Waals surface area (Å²) < 4.78 is 36.7. The lowest BCUT2D eigenvalue weighted by molar-refractivity contribution is -0.138. The fourth-order valence-corrected chi connectivity index (χ4v) is 1.30. The Labute approximate surface area is 95.7 Å². The highest BCUT2D eigenvalue weighted by molar-refractivity contribution is 5.76. The zero-order chi connectivity index (χ0) is 13.2. The first kappa shape index (κ1) is 13.2. The molecule has 0 aliphatic rings. The van der Waals surface area contributed by atoms with Gasteiger partial charge < -0.3 is 20.3 Å². The van der Waals surface area contributed by atoms with Crippen molar-refractivity contribution in [2.75, 3.05) is 14.2 Å². The third-order valence-electron chi connectivity index (χ3n) is 2.18. The van der Waals surface area contributed by atoms with E-state index in [0.29, 0.717) is 0 Å². The van der Waals surface area contributed by atoms with Crippen molar-refractivity contribution in [1.82, 2.24) is 0 Å². The predicted molar refractivity (Wildman–Crippen MR) is 54.0 cm³/mol. The average Bonchev–Trinajstić information content (AvgIpc) is 2.29. The molecular weight excluding hydrogens is 236 g/mol. The number of carboxylic acids is 1. The summed E-state index contributed by atoms with van der Waals surface area (Å²) in [5, 5.41) is 8.67. The van der Waals surface area contributed by atoms with Gasteiger partial charge in [0.05, 0.1) is 19.8 Å². The molecule has 17 heavy (non-hydrogen) atoms. The molecule has 1 aromatic carbocycles. The first-order valence-corrected chi connectivity index (χ1v) is 4.52. The van der Waals surface area contributed by atoms with E-state index >= 15 is 0 Å². The van der Waals surface area contributed by atoms with Crippen molar-refractivity contribution in [2.24, 2.45) is 5.73 Å². The van der Waals surface area contributed by atoms with Gasteiger partial charge in [-0.15, -0.1) is 0 Å². The number of aliphatic carboxylic acids is 1. The summed E-state index contributed by atoms with van der Waals surface area (Å²) in [6, 6.07) is -0.859. The number of hydrogen-bond acceptors (Lipinski definition) is 4. The fourth-order valence-electron chi connectivity index (χ4n) is 1.30. The summed E-state index contributed by atoms with van der Waals surface area (Å²) in [6.45, 7) is 0. The van der Waals surface area contributed by atoms with E-state index in [9.17, 15) is 13.6 Å². The summed E-state index contributed by atoms with van der Waals surface area (Å²) >= 11 is 0. The lowest BCUT2D eigenvalue weighted by atomic mass is 10.1. The Balaban J connectivity index is 3.50. The van der Waals surface area contributed by atoms with Gasteiger partial charge in [0.25, 0.3) is 0 Å². The van der Waals surface area contributed by atoms with E-state index in [1.807, 2.05) is 0 Å². The van der Waals surface area contributed by atoms with Crippen molar-refractivity contribution in [3.63, 3.8) is 0 Å². The summed E-state index contributed by atoms with van der Waals surface area (Å²) in [5.41, 5.74) is 4.40. The number of benzene rings is 1. The molecule has 94 valence electrons. The number of nitrogens with two attached hydrogens (primary N) is 1. The second-order valence-corrected chi connectivity index (χ2v) is 3.14. The van der Waals surface area contributed by atoms with Gasteiger partial charge in [-0.2, -0.15) is 0 Å². The number of rotatable bonds is 4. The monoisotopic (exact) mass is 247 g/mol. The Hall–Kier alpha value is -1.89. The van der Waals surface area contributed by atoms with E-state index in [-0.39, 0.29) is 11.5 Å². The van der Waals surface area contributed by atoms with Crippen LogP contribution in [0.3, 0.4) is 0 Å². The summed E-state index contributed by atoms with van der Waals surface area (Å²) in [4.78, 5) is 10.7. The smallest absolute Gasteiger partial charge is 0.325 e. The Bertz CT molecular complexity index is 422. The number of methoxy groups -OCH3 is 2. The molecule has 1 unspecified atom stereocenters. The zero-order valence-electron chi connectivity index (χ0n) is 9.16. The van der Waals surface area contributed by atoms with Crippen LogP contribution in [-0.2, 0) is 4.79 Å². The van der Waals surface area contributed by atoms with Gasteiger partial charge in [0.1, 0.15) is 6.04 Å². The van der Waals surface area contributed by atoms with Crippen molar-refractivity contribution < 1.29 is 28.2 Å². The molecule has 0 bridgehead atoms. The van der Waals surface area contributed by atoms with Gasteiger partial charge in [0.15, 0.2) is 23.1 Å². The highest BCUT2D eigenvalue weighted by Gasteiger charge is 2.28. The number of halogens is 2. The molecule has 0 fully saturated rings. The zero-order valence-corrected chi connectivity index (χ0v) is 9.16. The average molecular weight is 247 g/mol. The van der Waals surface area contributed by atoms with Crippen LogP contribution >= 0.6 is 0 Å². The van der Waals surface area contributed by atoms with E-state index in [1.165, 1.54) is 0 Å². The molecule has 1 aromatic rings. The highest BCUT2D eigenvalue weighted by atomic mass is 19.1. The summed E-state index contributed by atoms with van der Waals surface area (Å²) in [6.07, 6.45) is 0. The minimum atomic E-state index is -1.83. The molecule has 1 rings (SSSR count). The van der Waals surface area contributed by atoms with Gasteiger partial charge in [0, 0.05) is 6.07 Å². The lowest BCUT2D eigenvalue weighted by Crippen LogP contribution is -2.23. The third kappa shape index (κ3) is 2.28. The van der Waals surface area contributed by atoms with Gasteiger partial charge in [-0.05, 0) is 0 Å². The number of ether oxygens (including phenoxy) is 2. The van der Waals surface area contributed by atoms with Crippen LogP contribution in [0.4, 0.5) is 8.78 Å². The van der Waals surface area contributed by atoms with E-state index in [1.54, 1.807) is 0 Å². The molecule has 0 saturated carbocycles. The van der Waals surface area contributed by atoms with Gasteiger partial charge in [-0.1, -0.05) is 0 Å². The number of carbonyl (C=O) groups is 1. The lowest BCUT2D eigenvalue weighted by Gasteiger charge is -2.14. The normalized spacial score (nSPS) is 12.1. The topological polar surface area (TPSA) is 81.8 Å². The Kier molecular flexibility index (Phi) is 3.84. The van der Waals surface area contributed by atoms with E-state index in [4.69, 9.17) is 10.8 Å². The molecule has 0 saturated heterocycles. The van der Waals surface area contributed by atoms with Gasteiger partial charge in [0.2, 0.25) is 0 Å². The predicted octanol–water partition coefficient (Wildman–Crippen LogP) is 1.07. The van der Waals surface area contributed by atoms with Crippen molar-refractivity contribution in [3.8, 4) is 11.5 Å². The Morgan fingerprint density at radius 2 is 1.71 bits per heavy atom. The standard InChI is InChI=1S/C10H11F2NO4/c1-16-4-3-5(17-2)8(12)6(7(4)11)9(13)10(14)15/h3,9H,13H2,1-2H3,(H,14,15). The Morgan fingerprint density at radius 3 is 2.00 bits per heavy atom. The van der Waals surface area contributed by atoms with Gasteiger partial charge >= 0.3 is 5.97 Å². The molecule has 0 radical (unpaired) electrons. The first-order valence-electron chi connectivity index (χ1n) is 4.52. The Morgan fingerprint density at radius 1 is 1.29 bits per heavy atom. The molecule has 0 aromatic heterocycles. The quantitative estimate of drug-likeness (QED) is 0.831. The molecule has 0 heterocycles. The third-order valence-corrected chi connectivity index (χ3v) is 2.18. The van der Waals surface area contributed by atoms with Gasteiger partial charge in [-0.25, -0.2) is 8.78 Å². The van der Waals surface area contributed by atoms with Crippen LogP contribution in [0.2, 0.25) is 0 Å². The van der Waals surface area contributed by atoms with Crippen LogP contribution in [0.15, 0.2) is 6.07 Å². The number of carboxylic acid groups (broad SMARTS) is 1. The fraction of sp³-hybridized carbons (Fsp3) is 0.300. The van der Waals surface area contributed by atoms with Crippen molar-refractivity contribution in [3.05, 3.63) is 23.3 Å². The molecule has 7 heteroatoms. The molecule has 0 aliphatic carbocycles. The van der Waals surface area contributed by atoms with E-state index in [0.717, 1.165) is 20.3 Å². The van der Waals surface area contributed by atoms with Crippen LogP contribution in [0.1, 0.15) is 11.6 Å². The molecule has 0 spiro atoms. The van der Waals surface area contributed by atoms with Crippen LogP contribution in [0.25, 0.3) is 0 Å². The maximum Gasteiger partial charge on any atom is 0.325 e. The second-order valence-electron chi connectivity index (χ2n) is 3.14. The molecular formula is C10H11F2NO4. The van der Waals surface area contributed by atoms with Crippen LogP contribution < -0.4 is 15.2 Å². The molecule has 0 aliphatic heterocycles. The summed E-state index contributed by atoms with van der Waals surface area (Å²) in [5.74, 6) is -4.54. The van der Waals surface area contributed by atoms with Crippen molar-refractivity contribution in [2.45, 2.75) is 6.04 Å². The maximum absolute atomic E-state index is 13.7. The highest BCUT2D eigenvalue weighted by Crippen LogP contribution is 2.33. The molecule has 3 N–H and O–H groups in total. The first-order chi connectivity index (χ1) is 7.93. The molecule has 0 amide bonds. The maximum atomic E-state index is 13.7. The van der Waals surface area contributed by atoms with Crippen LogP contribution in [-0.4, -0.2) is 25.3 Å². The second kappa shape index (κ2) is 4.96. The van der Waals surface area contributed by atoms with Crippen molar-refractivity contribution in [1.29, 1.82) is 0 Å². The summed E-state index contributed by atoms with van der Waals surface area (Å²) in [7, 11) is 2.32. The van der Waals surface area contributed by atoms with Gasteiger partial charge in [-0.3, -0.25) is 4.79 Å². The van der Waals surface area contributed by atoms with E-state index < -0.39 is 29.2 Å². The largest absolute Gasteiger partial charge is 0.494 e. The van der Waals surface area contributed by atoms with Crippen LogP contribution in [0, 0.1) is 11.6 Å². The molecule has 1 atom stereocenters. The minimum Gasteiger partial charge on any atom is -0.494 e. The van der Waals surface area contributed by atoms with Crippen molar-refractivity contribution >= 4 is 5.97 Å². The van der Waals surface area contributed by atoms with Crippen LogP contribution in [0.5, 0.6) is 11.5 Å². The van der Waals surface area contributed by atoms with E-state index in [2.05, 4.69) is 9.47 Å². The number of hydrogen-bond donors (Lipinski definition) is 2. The molecule has 5 nitrogen and oxygen atoms in total. The minimum absolute atomic E-state index is 0.338.